The van der Waals surface area contributed by atoms with Crippen LogP contribution < -0.4 is 15.4 Å². The Morgan fingerprint density at radius 1 is 1.19 bits per heavy atom. The second-order valence-corrected chi connectivity index (χ2v) is 5.68. The lowest BCUT2D eigenvalue weighted by Crippen LogP contribution is -2.38. The summed E-state index contributed by atoms with van der Waals surface area (Å²) < 4.78 is 18.7. The maximum atomic E-state index is 13.7. The minimum atomic E-state index is -0.743. The van der Waals surface area contributed by atoms with Gasteiger partial charge in [-0.2, -0.15) is 0 Å². The molecule has 138 valence electrons. The number of carbonyl (C=O) groups excluding carboxylic acids is 3. The Labute approximate surface area is 154 Å². The smallest absolute Gasteiger partial charge is 0.329 e. The first-order chi connectivity index (χ1) is 13.0. The molecule has 0 atom stereocenters. The number of benzene rings is 2. The molecule has 1 aliphatic heterocycles. The highest BCUT2D eigenvalue weighted by molar-refractivity contribution is 6.15. The topological polar surface area (TPSA) is 87.7 Å². The molecule has 1 saturated heterocycles. The van der Waals surface area contributed by atoms with Gasteiger partial charge in [-0.1, -0.05) is 18.2 Å². The van der Waals surface area contributed by atoms with Gasteiger partial charge < -0.3 is 15.4 Å². The first-order valence-electron chi connectivity index (χ1n) is 8.01. The maximum absolute atomic E-state index is 13.7. The number of ether oxygens (including phenoxy) is 1. The lowest BCUT2D eigenvalue weighted by atomic mass is 10.2. The van der Waals surface area contributed by atoms with E-state index in [0.717, 1.165) is 4.90 Å². The quantitative estimate of drug-likeness (QED) is 0.626. The summed E-state index contributed by atoms with van der Waals surface area (Å²) in [4.78, 5) is 37.3. The van der Waals surface area contributed by atoms with Crippen LogP contribution in [-0.4, -0.2) is 36.4 Å². The van der Waals surface area contributed by atoms with E-state index in [1.165, 1.54) is 31.4 Å². The third kappa shape index (κ3) is 4.12. The molecule has 0 radical (unpaired) electrons. The molecule has 8 heteroatoms. The monoisotopic (exact) mass is 369 g/mol. The minimum absolute atomic E-state index is 0.0950. The number of anilines is 1. The lowest BCUT2D eigenvalue weighted by molar-refractivity contribution is -0.127. The number of nitrogens with one attached hydrogen (secondary N) is 2. The summed E-state index contributed by atoms with van der Waals surface area (Å²) in [6, 6.07) is 11.7. The largest absolute Gasteiger partial charge is 0.497 e. The van der Waals surface area contributed by atoms with Crippen molar-refractivity contribution < 1.29 is 23.5 Å². The van der Waals surface area contributed by atoms with Crippen LogP contribution in [0.1, 0.15) is 5.56 Å². The number of hydrogen-bond donors (Lipinski definition) is 2. The van der Waals surface area contributed by atoms with Crippen molar-refractivity contribution in [3.05, 3.63) is 65.6 Å². The number of hydrogen-bond acceptors (Lipinski definition) is 4. The molecule has 2 aromatic rings. The second-order valence-electron chi connectivity index (χ2n) is 5.68. The highest BCUT2D eigenvalue weighted by Gasteiger charge is 2.35. The molecule has 4 amide bonds. The van der Waals surface area contributed by atoms with Crippen LogP contribution in [0.2, 0.25) is 0 Å². The van der Waals surface area contributed by atoms with Gasteiger partial charge in [0.1, 0.15) is 23.8 Å². The van der Waals surface area contributed by atoms with E-state index in [0.29, 0.717) is 11.4 Å². The van der Waals surface area contributed by atoms with Crippen molar-refractivity contribution in [3.63, 3.8) is 0 Å². The molecule has 0 aromatic heterocycles. The number of methoxy groups -OCH3 is 1. The molecule has 0 spiro atoms. The Bertz CT molecular complexity index is 925. The van der Waals surface area contributed by atoms with E-state index < -0.39 is 30.2 Å². The van der Waals surface area contributed by atoms with E-state index in [1.807, 2.05) is 0 Å². The van der Waals surface area contributed by atoms with Gasteiger partial charge in [0.15, 0.2) is 0 Å². The second kappa shape index (κ2) is 7.69. The number of imide groups is 1. The van der Waals surface area contributed by atoms with Gasteiger partial charge in [-0.3, -0.25) is 9.59 Å². The van der Waals surface area contributed by atoms with E-state index in [-0.39, 0.29) is 11.3 Å². The Balaban J connectivity index is 1.68. The average molecular weight is 369 g/mol. The molecule has 0 bridgehead atoms. The normalized spacial score (nSPS) is 15.0. The molecule has 0 saturated carbocycles. The van der Waals surface area contributed by atoms with Gasteiger partial charge in [-0.15, -0.1) is 0 Å². The minimum Gasteiger partial charge on any atom is -0.497 e. The van der Waals surface area contributed by atoms with Crippen molar-refractivity contribution in [3.8, 4) is 5.75 Å². The number of carbonyl (C=O) groups is 3. The summed E-state index contributed by atoms with van der Waals surface area (Å²) in [5.41, 5.74) is 0.558. The third-order valence-corrected chi connectivity index (χ3v) is 3.84. The fourth-order valence-electron chi connectivity index (χ4n) is 2.48. The molecule has 1 aliphatic rings. The van der Waals surface area contributed by atoms with Crippen molar-refractivity contribution in [2.24, 2.45) is 0 Å². The molecule has 2 aromatic carbocycles. The van der Waals surface area contributed by atoms with Gasteiger partial charge in [-0.05, 0) is 36.4 Å². The third-order valence-electron chi connectivity index (χ3n) is 3.84. The van der Waals surface area contributed by atoms with E-state index in [1.54, 1.807) is 30.3 Å². The zero-order chi connectivity index (χ0) is 19.4. The summed E-state index contributed by atoms with van der Waals surface area (Å²) in [6.45, 7) is -0.467. The molecule has 7 nitrogen and oxygen atoms in total. The standard InChI is InChI=1S/C19H16FN3O4/c1-27-14-8-6-13(7-9-14)21-17(24)11-23-18(25)16(22-19(23)26)10-12-4-2-3-5-15(12)20/h2-10H,11H2,1H3,(H,21,24)(H,22,26)/b16-10-. The molecular weight excluding hydrogens is 353 g/mol. The van der Waals surface area contributed by atoms with Crippen LogP contribution in [-0.2, 0) is 9.59 Å². The fourth-order valence-corrected chi connectivity index (χ4v) is 2.48. The summed E-state index contributed by atoms with van der Waals surface area (Å²) in [6.07, 6.45) is 1.23. The first kappa shape index (κ1) is 18.1. The van der Waals surface area contributed by atoms with E-state index >= 15 is 0 Å². The fraction of sp³-hybridized carbons (Fsp3) is 0.105. The molecule has 1 fully saturated rings. The molecule has 2 N–H and O–H groups in total. The Morgan fingerprint density at radius 2 is 1.89 bits per heavy atom. The number of amides is 4. The van der Waals surface area contributed by atoms with Crippen molar-refractivity contribution in [2.75, 3.05) is 19.0 Å². The summed E-state index contributed by atoms with van der Waals surface area (Å²) in [7, 11) is 1.53. The lowest BCUT2D eigenvalue weighted by Gasteiger charge is -2.12. The zero-order valence-corrected chi connectivity index (χ0v) is 14.4. The van der Waals surface area contributed by atoms with Crippen LogP contribution in [0.5, 0.6) is 5.75 Å². The van der Waals surface area contributed by atoms with E-state index in [4.69, 9.17) is 4.74 Å². The highest BCUT2D eigenvalue weighted by atomic mass is 19.1. The van der Waals surface area contributed by atoms with Crippen molar-refractivity contribution in [1.82, 2.24) is 10.2 Å². The number of urea groups is 1. The van der Waals surface area contributed by atoms with E-state index in [2.05, 4.69) is 10.6 Å². The van der Waals surface area contributed by atoms with Crippen LogP contribution in [0.3, 0.4) is 0 Å². The van der Waals surface area contributed by atoms with Crippen molar-refractivity contribution >= 4 is 29.6 Å². The van der Waals surface area contributed by atoms with Gasteiger partial charge >= 0.3 is 6.03 Å². The van der Waals surface area contributed by atoms with Gasteiger partial charge in [0.25, 0.3) is 5.91 Å². The van der Waals surface area contributed by atoms with Crippen LogP contribution in [0.25, 0.3) is 6.08 Å². The van der Waals surface area contributed by atoms with Gasteiger partial charge in [0.05, 0.1) is 7.11 Å². The molecule has 1 heterocycles. The summed E-state index contributed by atoms with van der Waals surface area (Å²) in [5.74, 6) is -1.14. The first-order valence-corrected chi connectivity index (χ1v) is 8.01. The predicted octanol–water partition coefficient (Wildman–Crippen LogP) is 2.37. The van der Waals surface area contributed by atoms with Gasteiger partial charge in [0.2, 0.25) is 5.91 Å². The average Bonchev–Trinajstić information content (AvgIpc) is 2.91. The van der Waals surface area contributed by atoms with Gasteiger partial charge in [0, 0.05) is 11.3 Å². The van der Waals surface area contributed by atoms with Gasteiger partial charge in [-0.25, -0.2) is 14.1 Å². The van der Waals surface area contributed by atoms with Crippen LogP contribution in [0.15, 0.2) is 54.2 Å². The predicted molar refractivity (Wildman–Crippen MR) is 96.2 cm³/mol. The van der Waals surface area contributed by atoms with Crippen LogP contribution in [0.4, 0.5) is 14.9 Å². The molecule has 0 unspecified atom stereocenters. The summed E-state index contributed by atoms with van der Waals surface area (Å²) in [5, 5.41) is 4.94. The zero-order valence-electron chi connectivity index (χ0n) is 14.4. The van der Waals surface area contributed by atoms with Crippen molar-refractivity contribution in [2.45, 2.75) is 0 Å². The number of rotatable bonds is 5. The Hall–Kier alpha value is -3.68. The molecule has 3 rings (SSSR count). The molecule has 0 aliphatic carbocycles. The van der Waals surface area contributed by atoms with Crippen LogP contribution >= 0.6 is 0 Å². The number of halogens is 1. The SMILES string of the molecule is COc1ccc(NC(=O)CN2C(=O)N/C(=C\c3ccccc3F)C2=O)cc1. The van der Waals surface area contributed by atoms with Crippen LogP contribution in [0, 0.1) is 5.82 Å². The summed E-state index contributed by atoms with van der Waals surface area (Å²) >= 11 is 0. The van der Waals surface area contributed by atoms with Crippen molar-refractivity contribution in [1.29, 1.82) is 0 Å². The molecular formula is C19H16FN3O4. The number of nitrogens with zero attached hydrogens (tertiary/aromatic N) is 1. The molecule has 27 heavy (non-hydrogen) atoms. The van der Waals surface area contributed by atoms with E-state index in [9.17, 15) is 18.8 Å². The Morgan fingerprint density at radius 3 is 2.56 bits per heavy atom. The Kier molecular flexibility index (Phi) is 5.16. The maximum Gasteiger partial charge on any atom is 0.329 e. The highest BCUT2D eigenvalue weighted by Crippen LogP contribution is 2.17.